The minimum absolute atomic E-state index is 0.837. The van der Waals surface area contributed by atoms with Crippen LogP contribution >= 0.6 is 11.3 Å². The lowest BCUT2D eigenvalue weighted by Gasteiger charge is -2.19. The van der Waals surface area contributed by atoms with Crippen LogP contribution in [0.25, 0.3) is 0 Å². The molecule has 0 saturated carbocycles. The molecule has 4 nitrogen and oxygen atoms in total. The second-order valence-corrected chi connectivity index (χ2v) is 5.76. The van der Waals surface area contributed by atoms with Crippen molar-refractivity contribution in [1.82, 2.24) is 15.5 Å². The second-order valence-electron chi connectivity index (χ2n) is 4.39. The summed E-state index contributed by atoms with van der Waals surface area (Å²) in [6.07, 6.45) is 0. The van der Waals surface area contributed by atoms with E-state index in [2.05, 4.69) is 53.4 Å². The Labute approximate surface area is 120 Å². The van der Waals surface area contributed by atoms with E-state index in [1.165, 1.54) is 9.75 Å². The van der Waals surface area contributed by atoms with Gasteiger partial charge in [0.2, 0.25) is 0 Å². The van der Waals surface area contributed by atoms with Gasteiger partial charge < -0.3 is 15.5 Å². The Morgan fingerprint density at radius 1 is 1.26 bits per heavy atom. The van der Waals surface area contributed by atoms with E-state index in [1.807, 2.05) is 18.4 Å². The van der Waals surface area contributed by atoms with E-state index in [0.29, 0.717) is 0 Å². The zero-order valence-electron chi connectivity index (χ0n) is 12.5. The molecular weight excluding hydrogens is 256 g/mol. The maximum absolute atomic E-state index is 4.24. The van der Waals surface area contributed by atoms with Gasteiger partial charge in [0.25, 0.3) is 0 Å². The Balaban J connectivity index is 2.26. The smallest absolute Gasteiger partial charge is 0.191 e. The lowest BCUT2D eigenvalue weighted by Crippen LogP contribution is -2.41. The van der Waals surface area contributed by atoms with Crippen molar-refractivity contribution in [3.05, 3.63) is 21.9 Å². The van der Waals surface area contributed by atoms with Crippen LogP contribution in [0.2, 0.25) is 0 Å². The van der Waals surface area contributed by atoms with Crippen LogP contribution in [0.4, 0.5) is 0 Å². The van der Waals surface area contributed by atoms with Crippen molar-refractivity contribution in [2.45, 2.75) is 27.3 Å². The molecule has 0 aromatic carbocycles. The Hall–Kier alpha value is -1.07. The highest BCUT2D eigenvalue weighted by molar-refractivity contribution is 7.11. The highest BCUT2D eigenvalue weighted by Crippen LogP contribution is 2.14. The molecule has 0 aliphatic heterocycles. The summed E-state index contributed by atoms with van der Waals surface area (Å²) in [5, 5.41) is 6.69. The fraction of sp³-hybridized carbons (Fsp3) is 0.643. The van der Waals surface area contributed by atoms with Crippen LogP contribution in [0.5, 0.6) is 0 Å². The fourth-order valence-electron chi connectivity index (χ4n) is 1.84. The van der Waals surface area contributed by atoms with Gasteiger partial charge in [-0.25, -0.2) is 0 Å². The van der Waals surface area contributed by atoms with E-state index in [-0.39, 0.29) is 0 Å². The first-order chi connectivity index (χ1) is 9.19. The van der Waals surface area contributed by atoms with Crippen molar-refractivity contribution in [2.75, 3.05) is 33.2 Å². The number of guanidine groups is 1. The highest BCUT2D eigenvalue weighted by Gasteiger charge is 2.02. The summed E-state index contributed by atoms with van der Waals surface area (Å²) in [4.78, 5) is 9.32. The van der Waals surface area contributed by atoms with Crippen molar-refractivity contribution in [3.8, 4) is 0 Å². The Morgan fingerprint density at radius 2 is 2.00 bits per heavy atom. The Kier molecular flexibility index (Phi) is 7.52. The average Bonchev–Trinajstić information content (AvgIpc) is 2.84. The van der Waals surface area contributed by atoms with Crippen LogP contribution in [-0.2, 0) is 6.54 Å². The molecule has 0 unspecified atom stereocenters. The minimum atomic E-state index is 0.837. The molecule has 0 radical (unpaired) electrons. The third-order valence-electron chi connectivity index (χ3n) is 3.06. The van der Waals surface area contributed by atoms with Crippen LogP contribution in [0.3, 0.4) is 0 Å². The van der Waals surface area contributed by atoms with Crippen LogP contribution in [-0.4, -0.2) is 44.1 Å². The summed E-state index contributed by atoms with van der Waals surface area (Å²) in [6.45, 7) is 11.5. The molecule has 0 aliphatic rings. The second kappa shape index (κ2) is 8.93. The molecule has 19 heavy (non-hydrogen) atoms. The number of thiophene rings is 1. The molecule has 0 atom stereocenters. The first kappa shape index (κ1) is 16.0. The van der Waals surface area contributed by atoms with Crippen LogP contribution in [0.15, 0.2) is 17.1 Å². The number of aliphatic imine (C=N–C) groups is 1. The van der Waals surface area contributed by atoms with Gasteiger partial charge >= 0.3 is 0 Å². The van der Waals surface area contributed by atoms with Gasteiger partial charge in [0.1, 0.15) is 0 Å². The van der Waals surface area contributed by atoms with Gasteiger partial charge in [0, 0.05) is 29.9 Å². The SMILES string of the molecule is CCN(CC)CCNC(=NC)NCc1ccc(C)s1. The largest absolute Gasteiger partial charge is 0.355 e. The molecule has 1 rings (SSSR count). The van der Waals surface area contributed by atoms with Gasteiger partial charge in [-0.05, 0) is 32.1 Å². The number of rotatable bonds is 7. The zero-order valence-corrected chi connectivity index (χ0v) is 13.3. The molecule has 5 heteroatoms. The molecule has 1 aromatic heterocycles. The van der Waals surface area contributed by atoms with E-state index in [1.54, 1.807) is 0 Å². The van der Waals surface area contributed by atoms with Gasteiger partial charge in [0.05, 0.1) is 6.54 Å². The van der Waals surface area contributed by atoms with Crippen LogP contribution in [0, 0.1) is 6.92 Å². The highest BCUT2D eigenvalue weighted by atomic mass is 32.1. The number of nitrogens with one attached hydrogen (secondary N) is 2. The minimum Gasteiger partial charge on any atom is -0.355 e. The van der Waals surface area contributed by atoms with Crippen LogP contribution < -0.4 is 10.6 Å². The Bertz CT molecular complexity index is 383. The molecular formula is C14H26N4S. The van der Waals surface area contributed by atoms with E-state index in [9.17, 15) is 0 Å². The molecule has 0 amide bonds. The fourth-order valence-corrected chi connectivity index (χ4v) is 2.67. The van der Waals surface area contributed by atoms with E-state index >= 15 is 0 Å². The summed E-state index contributed by atoms with van der Waals surface area (Å²) in [5.41, 5.74) is 0. The number of hydrogen-bond acceptors (Lipinski definition) is 3. The molecule has 1 aromatic rings. The topological polar surface area (TPSA) is 39.7 Å². The number of likely N-dealkylation sites (N-methyl/N-ethyl adjacent to an activating group) is 1. The van der Waals surface area contributed by atoms with Crippen molar-refractivity contribution >= 4 is 17.3 Å². The number of nitrogens with zero attached hydrogens (tertiary/aromatic N) is 2. The third kappa shape index (κ3) is 6.07. The van der Waals surface area contributed by atoms with Crippen LogP contribution in [0.1, 0.15) is 23.6 Å². The lowest BCUT2D eigenvalue weighted by molar-refractivity contribution is 0.308. The molecule has 0 aliphatic carbocycles. The predicted octanol–water partition coefficient (Wildman–Crippen LogP) is 2.06. The predicted molar refractivity (Wildman–Crippen MR) is 85.0 cm³/mol. The summed E-state index contributed by atoms with van der Waals surface area (Å²) in [6, 6.07) is 4.31. The third-order valence-corrected chi connectivity index (χ3v) is 4.07. The van der Waals surface area contributed by atoms with Gasteiger partial charge in [-0.15, -0.1) is 11.3 Å². The van der Waals surface area contributed by atoms with Gasteiger partial charge in [-0.1, -0.05) is 13.8 Å². The molecule has 1 heterocycles. The molecule has 0 saturated heterocycles. The maximum Gasteiger partial charge on any atom is 0.191 e. The van der Waals surface area contributed by atoms with Crippen molar-refractivity contribution in [2.24, 2.45) is 4.99 Å². The summed E-state index contributed by atoms with van der Waals surface area (Å²) < 4.78 is 0. The van der Waals surface area contributed by atoms with Crippen molar-refractivity contribution < 1.29 is 0 Å². The summed E-state index contributed by atoms with van der Waals surface area (Å²) in [5.74, 6) is 0.873. The molecule has 0 spiro atoms. The first-order valence-electron chi connectivity index (χ1n) is 6.91. The molecule has 0 fully saturated rings. The number of aryl methyl sites for hydroxylation is 1. The first-order valence-corrected chi connectivity index (χ1v) is 7.73. The zero-order chi connectivity index (χ0) is 14.1. The standard InChI is InChI=1S/C14H26N4S/c1-5-18(6-2)10-9-16-14(15-4)17-11-13-8-7-12(3)19-13/h7-8H,5-6,9-11H2,1-4H3,(H2,15,16,17). The maximum atomic E-state index is 4.24. The Morgan fingerprint density at radius 3 is 2.53 bits per heavy atom. The van der Waals surface area contributed by atoms with Crippen molar-refractivity contribution in [3.63, 3.8) is 0 Å². The normalized spacial score (nSPS) is 11.9. The van der Waals surface area contributed by atoms with Crippen molar-refractivity contribution in [1.29, 1.82) is 0 Å². The molecule has 0 bridgehead atoms. The quantitative estimate of drug-likeness (QED) is 0.594. The van der Waals surface area contributed by atoms with Gasteiger partial charge in [-0.3, -0.25) is 4.99 Å². The lowest BCUT2D eigenvalue weighted by atomic mass is 10.4. The average molecular weight is 282 g/mol. The van der Waals surface area contributed by atoms with E-state index in [4.69, 9.17) is 0 Å². The number of hydrogen-bond donors (Lipinski definition) is 2. The monoisotopic (exact) mass is 282 g/mol. The van der Waals surface area contributed by atoms with E-state index in [0.717, 1.165) is 38.7 Å². The summed E-state index contributed by atoms with van der Waals surface area (Å²) >= 11 is 1.82. The molecule has 108 valence electrons. The van der Waals surface area contributed by atoms with E-state index < -0.39 is 0 Å². The van der Waals surface area contributed by atoms with Gasteiger partial charge in [0.15, 0.2) is 5.96 Å². The molecule has 2 N–H and O–H groups in total. The van der Waals surface area contributed by atoms with Gasteiger partial charge in [-0.2, -0.15) is 0 Å². The summed E-state index contributed by atoms with van der Waals surface area (Å²) in [7, 11) is 1.81.